The van der Waals surface area contributed by atoms with Gasteiger partial charge in [-0.15, -0.1) is 4.41 Å². The number of carbonyl (C=O) groups excluding carboxylic acids is 5. The molecule has 0 saturated carbocycles. The van der Waals surface area contributed by atoms with Gasteiger partial charge in [-0.3, -0.25) is 28.9 Å². The van der Waals surface area contributed by atoms with Crippen LogP contribution in [0.5, 0.6) is 5.75 Å². The Morgan fingerprint density at radius 3 is 1.39 bits per heavy atom. The molecule has 0 bridgehead atoms. The van der Waals surface area contributed by atoms with Gasteiger partial charge in [-0.1, -0.05) is 164 Å². The van der Waals surface area contributed by atoms with Gasteiger partial charge in [0.2, 0.25) is 0 Å². The number of imide groups is 1. The van der Waals surface area contributed by atoms with E-state index >= 15 is 0 Å². The summed E-state index contributed by atoms with van der Waals surface area (Å²) >= 11 is 11.9. The fraction of sp³-hybridized carbons (Fsp3) is 0.239. The molecule has 1 heterocycles. The Labute approximate surface area is 535 Å². The number of hydrazine groups is 2. The van der Waals surface area contributed by atoms with Crippen molar-refractivity contribution in [3.8, 4) is 5.75 Å². The highest BCUT2D eigenvalue weighted by Gasteiger charge is 2.40. The average molecular weight is 1320 g/mol. The van der Waals surface area contributed by atoms with Gasteiger partial charge in [-0.2, -0.15) is 21.2 Å². The number of aryl methyl sites for hydroxylation is 1. The second kappa shape index (κ2) is 26.6. The molecule has 0 radical (unpaired) electrons. The van der Waals surface area contributed by atoms with Gasteiger partial charge in [0.1, 0.15) is 11.6 Å². The van der Waals surface area contributed by atoms with Crippen molar-refractivity contribution in [1.29, 1.82) is 0 Å². The van der Waals surface area contributed by atoms with Crippen molar-refractivity contribution in [2.75, 3.05) is 24.9 Å². The van der Waals surface area contributed by atoms with Crippen molar-refractivity contribution in [2.24, 2.45) is 5.84 Å². The molecule has 0 unspecified atom stereocenters. The standard InChI is InChI=1S/C25H26N2O5S.C21H16Cl2N2O4S.C21H28N2O3S/c1-17-5-7-19(8-6-17)24(30)27(26-23(29)18-9-13-21(28)14-10-18)33(31,32)22-15-11-20(12-16-22)25(2,3)4;1-24(2)18-7-3-6-13-12(18)5-4-8-19(13)30(28,29)11-25-20(26)14-9-16(22)17(23)10-15(14)21(25)27;1-20(2,3)16-9-7-15(8-10-16)19(24)23(22)27(25,26)18-13-11-17(12-14-18)21(4,5)6/h5-16,28H,1-4H3,(H,26,29);3-10H,11H2,1-2H3;7-14H,22H2,1-6H3. The fourth-order valence-corrected chi connectivity index (χ4v) is 13.3. The van der Waals surface area contributed by atoms with Crippen molar-refractivity contribution in [1.82, 2.24) is 19.2 Å². The summed E-state index contributed by atoms with van der Waals surface area (Å²) in [5, 5.41) is 11.0. The molecule has 0 aliphatic carbocycles. The van der Waals surface area contributed by atoms with E-state index in [1.54, 1.807) is 66.7 Å². The summed E-state index contributed by atoms with van der Waals surface area (Å²) in [6, 6.07) is 43.9. The number of sulfonamides is 2. The summed E-state index contributed by atoms with van der Waals surface area (Å²) in [5.41, 5.74) is 7.06. The third-order valence-electron chi connectivity index (χ3n) is 14.5. The predicted octanol–water partition coefficient (Wildman–Crippen LogP) is 12.4. The second-order valence-electron chi connectivity index (χ2n) is 24.5. The van der Waals surface area contributed by atoms with E-state index in [-0.39, 0.29) is 74.5 Å². The van der Waals surface area contributed by atoms with Crippen LogP contribution >= 0.6 is 23.2 Å². The number of halogens is 2. The fourth-order valence-electron chi connectivity index (χ4n) is 9.19. The zero-order chi connectivity index (χ0) is 66.8. The summed E-state index contributed by atoms with van der Waals surface area (Å²) in [7, 11) is -8.84. The van der Waals surface area contributed by atoms with Gasteiger partial charge in [0.05, 0.1) is 35.9 Å². The number of nitrogens with zero attached hydrogens (tertiary/aromatic N) is 4. The van der Waals surface area contributed by atoms with Crippen LogP contribution in [0.25, 0.3) is 10.8 Å². The Hall–Kier alpha value is -8.44. The van der Waals surface area contributed by atoms with Crippen LogP contribution < -0.4 is 16.2 Å². The quantitative estimate of drug-likeness (QED) is 0.0471. The SMILES string of the molecule is CC(C)(C)c1ccc(C(=O)N(N)S(=O)(=O)c2ccc(C(C)(C)C)cc2)cc1.CN(C)c1cccc2c(S(=O)(=O)CN3C(=O)c4cc(Cl)c(Cl)cc4C3=O)cccc12.Cc1ccc(C(=O)N(NC(=O)c2ccc(O)cc2)S(=O)(=O)c2ccc(C(C)(C)C)cc2)cc1. The lowest BCUT2D eigenvalue weighted by Crippen LogP contribution is -2.49. The number of nitrogens with one attached hydrogen (secondary N) is 1. The van der Waals surface area contributed by atoms with Gasteiger partial charge in [-0.05, 0) is 137 Å². The van der Waals surface area contributed by atoms with Crippen LogP contribution in [0.15, 0.2) is 185 Å². The summed E-state index contributed by atoms with van der Waals surface area (Å²) < 4.78 is 79.5. The molecule has 5 amide bonds. The van der Waals surface area contributed by atoms with Gasteiger partial charge >= 0.3 is 0 Å². The van der Waals surface area contributed by atoms with E-state index in [1.807, 2.05) is 91.7 Å². The minimum atomic E-state index is -4.43. The van der Waals surface area contributed by atoms with E-state index in [2.05, 4.69) is 26.2 Å². The van der Waals surface area contributed by atoms with E-state index in [1.165, 1.54) is 78.9 Å². The number of aromatic hydroxyl groups is 1. The van der Waals surface area contributed by atoms with Crippen molar-refractivity contribution in [3.05, 3.63) is 230 Å². The average Bonchev–Trinajstić information content (AvgIpc) is 1.82. The van der Waals surface area contributed by atoms with E-state index in [9.17, 15) is 54.3 Å². The number of fused-ring (bicyclic) bond motifs is 2. The Kier molecular flexibility index (Phi) is 20.4. The van der Waals surface area contributed by atoms with Gasteiger partial charge in [-0.25, -0.2) is 19.7 Å². The molecule has 1 aliphatic rings. The number of nitrogens with two attached hydrogens (primary N) is 1. The largest absolute Gasteiger partial charge is 0.508 e. The molecule has 9 rings (SSSR count). The summed E-state index contributed by atoms with van der Waals surface area (Å²) in [5.74, 6) is 0.958. The number of phenols is 1. The molecule has 23 heteroatoms. The molecule has 8 aromatic rings. The van der Waals surface area contributed by atoms with Crippen LogP contribution in [0, 0.1) is 6.92 Å². The van der Waals surface area contributed by atoms with Crippen LogP contribution in [-0.2, 0) is 46.1 Å². The lowest BCUT2D eigenvalue weighted by atomic mass is 9.87. The molecule has 18 nitrogen and oxygen atoms in total. The molecule has 4 N–H and O–H groups in total. The molecule has 0 aromatic heterocycles. The molecule has 0 saturated heterocycles. The maximum atomic E-state index is 13.4. The first-order valence-electron chi connectivity index (χ1n) is 27.9. The van der Waals surface area contributed by atoms with Crippen LogP contribution in [-0.4, -0.2) is 93.6 Å². The first-order chi connectivity index (χ1) is 41.7. The first kappa shape index (κ1) is 69.0. The smallest absolute Gasteiger partial charge is 0.286 e. The minimum absolute atomic E-state index is 0.0161. The van der Waals surface area contributed by atoms with Gasteiger partial charge < -0.3 is 10.0 Å². The van der Waals surface area contributed by atoms with Crippen molar-refractivity contribution < 1.29 is 54.3 Å². The van der Waals surface area contributed by atoms with Gasteiger partial charge in [0, 0.05) is 47.2 Å². The summed E-state index contributed by atoms with van der Waals surface area (Å²) in [4.78, 5) is 66.5. The first-order valence-corrected chi connectivity index (χ1v) is 33.2. The maximum Gasteiger partial charge on any atom is 0.286 e. The summed E-state index contributed by atoms with van der Waals surface area (Å²) in [6.45, 7) is 20.1. The van der Waals surface area contributed by atoms with Crippen LogP contribution in [0.2, 0.25) is 10.0 Å². The number of rotatable bonds is 11. The number of benzene rings is 8. The maximum absolute atomic E-state index is 13.4. The van der Waals surface area contributed by atoms with Crippen molar-refractivity contribution >= 4 is 99.1 Å². The lowest BCUT2D eigenvalue weighted by Gasteiger charge is -2.24. The molecule has 8 aromatic carbocycles. The van der Waals surface area contributed by atoms with Gasteiger partial charge in [0.15, 0.2) is 9.84 Å². The number of amides is 5. The number of anilines is 1. The predicted molar refractivity (Wildman–Crippen MR) is 350 cm³/mol. The van der Waals surface area contributed by atoms with E-state index in [0.29, 0.717) is 19.1 Å². The molecule has 1 aliphatic heterocycles. The number of sulfone groups is 1. The Balaban J connectivity index is 0.000000193. The van der Waals surface area contributed by atoms with Gasteiger partial charge in [0.25, 0.3) is 49.6 Å². The highest BCUT2D eigenvalue weighted by Crippen LogP contribution is 2.35. The molecular weight excluding hydrogens is 1250 g/mol. The highest BCUT2D eigenvalue weighted by molar-refractivity contribution is 7.91. The number of hydrogen-bond acceptors (Lipinski definition) is 14. The molecule has 0 atom stereocenters. The number of phenolic OH excluding ortho intramolecular Hbond substituents is 1. The molecule has 472 valence electrons. The zero-order valence-electron chi connectivity index (χ0n) is 51.7. The lowest BCUT2D eigenvalue weighted by molar-refractivity contribution is 0.0678. The molecular formula is C67H70Cl2N6O12S3. The monoisotopic (exact) mass is 1320 g/mol. The van der Waals surface area contributed by atoms with Crippen LogP contribution in [0.1, 0.15) is 136 Å². The topological polar surface area (TPSA) is 259 Å². The normalized spacial score (nSPS) is 12.7. The van der Waals surface area contributed by atoms with Crippen LogP contribution in [0.4, 0.5) is 5.69 Å². The van der Waals surface area contributed by atoms with Crippen molar-refractivity contribution in [2.45, 2.75) is 100 Å². The number of hydrogen-bond donors (Lipinski definition) is 3. The third-order valence-corrected chi connectivity index (χ3v) is 20.0. The highest BCUT2D eigenvalue weighted by atomic mass is 35.5. The Morgan fingerprint density at radius 2 is 0.933 bits per heavy atom. The van der Waals surface area contributed by atoms with Crippen molar-refractivity contribution in [3.63, 3.8) is 0 Å². The minimum Gasteiger partial charge on any atom is -0.508 e. The Bertz CT molecular complexity index is 4370. The second-order valence-corrected chi connectivity index (χ2v) is 30.9. The third kappa shape index (κ3) is 15.4. The molecule has 0 spiro atoms. The zero-order valence-corrected chi connectivity index (χ0v) is 55.6. The van der Waals surface area contributed by atoms with E-state index < -0.39 is 65.3 Å². The van der Waals surface area contributed by atoms with Crippen LogP contribution in [0.3, 0.4) is 0 Å². The summed E-state index contributed by atoms with van der Waals surface area (Å²) in [6.07, 6.45) is 0. The number of carbonyl (C=O) groups is 5. The Morgan fingerprint density at radius 1 is 0.533 bits per heavy atom. The molecule has 0 fully saturated rings. The van der Waals surface area contributed by atoms with E-state index in [0.717, 1.165) is 33.3 Å². The van der Waals surface area contributed by atoms with E-state index in [4.69, 9.17) is 29.0 Å². The molecule has 90 heavy (non-hydrogen) atoms.